The second kappa shape index (κ2) is 29.8. The molecule has 0 amide bonds. The average Bonchev–Trinajstić information content (AvgIpc) is 3.98. The molecule has 2 atom stereocenters. The summed E-state index contributed by atoms with van der Waals surface area (Å²) < 4.78 is 43.1. The highest BCUT2D eigenvalue weighted by Crippen LogP contribution is 2.38. The summed E-state index contributed by atoms with van der Waals surface area (Å²) in [5.74, 6) is 0.573. The van der Waals surface area contributed by atoms with E-state index in [1.54, 1.807) is 13.1 Å². The fraction of sp³-hybridized carbons (Fsp3) is 0.585. The molecule has 17 nitrogen and oxygen atoms in total. The van der Waals surface area contributed by atoms with Gasteiger partial charge in [-0.25, -0.2) is 18.1 Å². The van der Waals surface area contributed by atoms with Crippen molar-refractivity contribution in [1.29, 1.82) is 5.26 Å². The van der Waals surface area contributed by atoms with Crippen LogP contribution >= 0.6 is 11.3 Å². The molecule has 19 heteroatoms. The van der Waals surface area contributed by atoms with Gasteiger partial charge in [0.1, 0.15) is 17.7 Å². The van der Waals surface area contributed by atoms with Crippen LogP contribution in [0.1, 0.15) is 166 Å². The van der Waals surface area contributed by atoms with Crippen molar-refractivity contribution in [2.75, 3.05) is 42.8 Å². The Bertz CT molecular complexity index is 2660. The van der Waals surface area contributed by atoms with E-state index < -0.39 is 22.0 Å². The summed E-state index contributed by atoms with van der Waals surface area (Å²) in [4.78, 5) is 27.0. The summed E-state index contributed by atoms with van der Waals surface area (Å²) in [6.07, 6.45) is 22.2. The van der Waals surface area contributed by atoms with Gasteiger partial charge < -0.3 is 25.4 Å². The van der Waals surface area contributed by atoms with E-state index in [2.05, 4.69) is 80.0 Å². The lowest BCUT2D eigenvalue weighted by Crippen LogP contribution is -2.40. The number of thiazole rings is 1. The third-order valence-electron chi connectivity index (χ3n) is 12.3. The van der Waals surface area contributed by atoms with E-state index in [1.807, 2.05) is 20.8 Å². The molecule has 72 heavy (non-hydrogen) atoms. The Morgan fingerprint density at radius 2 is 1.44 bits per heavy atom. The first-order chi connectivity index (χ1) is 34.8. The largest absolute Gasteiger partial charge is 0.461 e. The lowest BCUT2D eigenvalue weighted by Gasteiger charge is -2.18. The second-order valence-electron chi connectivity index (χ2n) is 18.7. The number of aromatic nitrogens is 5. The number of benzene rings is 2. The van der Waals surface area contributed by atoms with Gasteiger partial charge in [0.2, 0.25) is 26.9 Å². The van der Waals surface area contributed by atoms with E-state index >= 15 is 0 Å². The van der Waals surface area contributed by atoms with Gasteiger partial charge in [-0.1, -0.05) is 133 Å². The Kier molecular flexibility index (Phi) is 23.8. The van der Waals surface area contributed by atoms with Crippen molar-refractivity contribution in [2.45, 2.75) is 181 Å². The van der Waals surface area contributed by atoms with Gasteiger partial charge in [0.05, 0.1) is 27.4 Å². The molecule has 2 aromatic carbocycles. The molecular weight excluding hydrogens is 949 g/mol. The van der Waals surface area contributed by atoms with Crippen LogP contribution in [0.3, 0.4) is 0 Å². The molecule has 0 aliphatic rings. The van der Waals surface area contributed by atoms with Gasteiger partial charge in [0.15, 0.2) is 17.3 Å². The van der Waals surface area contributed by atoms with Gasteiger partial charge in [0, 0.05) is 32.5 Å². The fourth-order valence-corrected chi connectivity index (χ4v) is 10.4. The first-order valence-corrected chi connectivity index (χ1v) is 28.4. The average molecular weight is 1030 g/mol. The van der Waals surface area contributed by atoms with Crippen molar-refractivity contribution < 1.29 is 22.7 Å². The first-order valence-electron chi connectivity index (χ1n) is 26.1. The van der Waals surface area contributed by atoms with Gasteiger partial charge in [0.25, 0.3) is 0 Å². The summed E-state index contributed by atoms with van der Waals surface area (Å²) >= 11 is 1.25. The van der Waals surface area contributed by atoms with Crippen molar-refractivity contribution in [2.24, 2.45) is 10.2 Å². The number of fused-ring (bicyclic) bond motifs is 1. The summed E-state index contributed by atoms with van der Waals surface area (Å²) in [5.41, 5.74) is 4.88. The molecule has 4 N–H and O–H groups in total. The van der Waals surface area contributed by atoms with Gasteiger partial charge in [-0.05, 0) is 89.6 Å². The third kappa shape index (κ3) is 17.9. The topological polar surface area (TPSA) is 223 Å². The van der Waals surface area contributed by atoms with Crippen LogP contribution in [-0.2, 0) is 24.3 Å². The molecule has 0 bridgehead atoms. The van der Waals surface area contributed by atoms with Gasteiger partial charge in [-0.2, -0.15) is 20.0 Å². The van der Waals surface area contributed by atoms with Crippen LogP contribution in [0.5, 0.6) is 0 Å². The Labute approximate surface area is 431 Å². The number of nitrogens with zero attached hydrogens (tertiary/aromatic N) is 8. The van der Waals surface area contributed by atoms with Crippen LogP contribution in [0.4, 0.5) is 34.8 Å². The molecule has 0 saturated carbocycles. The molecular formula is C53H78N12O5S2. The van der Waals surface area contributed by atoms with Crippen LogP contribution in [-0.4, -0.2) is 78.1 Å². The Balaban J connectivity index is 1.28. The summed E-state index contributed by atoms with van der Waals surface area (Å²) in [7, 11) is -2.38. The number of sulfonamides is 1. The molecule has 0 radical (unpaired) electrons. The smallest absolute Gasteiger partial charge is 0.324 e. The molecule has 5 rings (SSSR count). The number of nitriles is 1. The summed E-state index contributed by atoms with van der Waals surface area (Å²) in [6, 6.07) is 9.78. The van der Waals surface area contributed by atoms with Crippen molar-refractivity contribution >= 4 is 72.3 Å². The van der Waals surface area contributed by atoms with Crippen molar-refractivity contribution in [3.8, 4) is 11.2 Å². The van der Waals surface area contributed by atoms with E-state index in [0.717, 1.165) is 67.5 Å². The minimum absolute atomic E-state index is 0.0315. The maximum atomic E-state index is 13.5. The molecule has 0 spiro atoms. The van der Waals surface area contributed by atoms with Crippen molar-refractivity contribution in [3.63, 3.8) is 0 Å². The minimum atomic E-state index is -4.12. The van der Waals surface area contributed by atoms with Gasteiger partial charge in [-0.15, -0.1) is 15.3 Å². The van der Waals surface area contributed by atoms with E-state index in [9.17, 15) is 18.5 Å². The second-order valence-corrected chi connectivity index (χ2v) is 21.4. The zero-order valence-electron chi connectivity index (χ0n) is 43.9. The number of aryl methyl sites for hydroxylation is 3. The predicted molar refractivity (Wildman–Crippen MR) is 290 cm³/mol. The van der Waals surface area contributed by atoms with Crippen LogP contribution in [0.2, 0.25) is 0 Å². The third-order valence-corrected chi connectivity index (χ3v) is 14.9. The zero-order valence-corrected chi connectivity index (χ0v) is 45.5. The quantitative estimate of drug-likeness (QED) is 0.0171. The number of carbonyl (C=O) groups is 1. The number of hydrogen-bond acceptors (Lipinski definition) is 16. The maximum absolute atomic E-state index is 13.5. The number of rotatable bonds is 34. The van der Waals surface area contributed by atoms with Crippen molar-refractivity contribution in [3.05, 3.63) is 58.8 Å². The number of hydrogen-bond donors (Lipinski definition) is 4. The number of ether oxygens (including phenoxy) is 2. The van der Waals surface area contributed by atoms with E-state index in [4.69, 9.17) is 19.4 Å². The van der Waals surface area contributed by atoms with Crippen LogP contribution < -0.4 is 20.7 Å². The number of nitrogens with one attached hydrogen (secondary N) is 4. The van der Waals surface area contributed by atoms with Crippen LogP contribution in [0.25, 0.3) is 15.3 Å². The fourth-order valence-electron chi connectivity index (χ4n) is 8.34. The monoisotopic (exact) mass is 1030 g/mol. The van der Waals surface area contributed by atoms with Crippen molar-refractivity contribution in [1.82, 2.24) is 29.5 Å². The first kappa shape index (κ1) is 57.4. The summed E-state index contributed by atoms with van der Waals surface area (Å²) in [6.45, 7) is 15.7. The minimum Gasteiger partial charge on any atom is -0.461 e. The molecule has 0 aliphatic heterocycles. The number of unbranched alkanes of at least 4 members (excludes halogenated alkanes) is 14. The Hall–Kier alpha value is -5.55. The maximum Gasteiger partial charge on any atom is 0.324 e. The van der Waals surface area contributed by atoms with Crippen LogP contribution in [0, 0.1) is 32.1 Å². The number of esters is 1. The Morgan fingerprint density at radius 1 is 0.819 bits per heavy atom. The number of anilines is 4. The van der Waals surface area contributed by atoms with Gasteiger partial charge >= 0.3 is 5.97 Å². The molecule has 0 fully saturated rings. The highest BCUT2D eigenvalue weighted by molar-refractivity contribution is 7.89. The molecule has 5 aromatic rings. The van der Waals surface area contributed by atoms with E-state index in [-0.39, 0.29) is 22.4 Å². The lowest BCUT2D eigenvalue weighted by molar-refractivity contribution is -0.150. The SMILES string of the molecule is CCCCCCCCCCCCOCCCNc1nc(NC)nc(Nc2c(C)cc(C)cc2C)c1N=Nc1nn(-c2nc3cc(S(=O)(=O)NC(C)C(=O)OC(C)CCCCCCCC)ccc3s2)cc1C#N. The normalized spacial score (nSPS) is 12.6. The predicted octanol–water partition coefficient (Wildman–Crippen LogP) is 13.4. The zero-order chi connectivity index (χ0) is 51.9. The number of azo groups is 1. The molecule has 3 aromatic heterocycles. The molecule has 2 unspecified atom stereocenters. The van der Waals surface area contributed by atoms with E-state index in [0.29, 0.717) is 51.8 Å². The standard InChI is InChI=1S/C53H78N12O5S2/c1-9-11-13-15-17-18-19-20-22-24-30-69-31-25-29-56-49-47(50(60-52(55-8)59-49)58-46-38(4)32-37(3)33-39(46)5)61-62-48-42(35-54)36-65(63-48)53-57-44-34-43(27-28-45(44)71-53)72(67,68)64-41(7)51(66)70-40(6)26-23-21-16-14-12-10-2/h27-28,32-34,36,40-41,64H,9-26,29-31H2,1-8H3,(H3,55,56,58,59,60). The molecule has 3 heterocycles. The van der Waals surface area contributed by atoms with Crippen LogP contribution in [0.15, 0.2) is 51.7 Å². The molecule has 392 valence electrons. The summed E-state index contributed by atoms with van der Waals surface area (Å²) in [5, 5.41) is 34.3. The number of carbonyl (C=O) groups excluding carboxylic acids is 1. The highest BCUT2D eigenvalue weighted by atomic mass is 32.2. The van der Waals surface area contributed by atoms with E-state index in [1.165, 1.54) is 118 Å². The molecule has 0 saturated heterocycles. The molecule has 0 aliphatic carbocycles. The lowest BCUT2D eigenvalue weighted by atomic mass is 10.1. The van der Waals surface area contributed by atoms with Gasteiger partial charge in [-0.3, -0.25) is 4.79 Å². The highest BCUT2D eigenvalue weighted by Gasteiger charge is 2.26. The Morgan fingerprint density at radius 3 is 2.10 bits per heavy atom.